The predicted molar refractivity (Wildman–Crippen MR) is 118 cm³/mol. The summed E-state index contributed by atoms with van der Waals surface area (Å²) in [6, 6.07) is 14.1. The van der Waals surface area contributed by atoms with E-state index in [0.717, 1.165) is 26.7 Å². The first-order valence-electron chi connectivity index (χ1n) is 9.38. The highest BCUT2D eigenvalue weighted by atomic mass is 79.9. The first-order chi connectivity index (χ1) is 13.7. The molecule has 0 radical (unpaired) electrons. The average molecular weight is 456 g/mol. The van der Waals surface area contributed by atoms with Crippen LogP contribution in [0, 0.1) is 0 Å². The lowest BCUT2D eigenvalue weighted by atomic mass is 9.90. The molecule has 4 rings (SSSR count). The molecule has 2 N–H and O–H groups in total. The molecule has 0 saturated carbocycles. The molecule has 0 unspecified atom stereocenters. The smallest absolute Gasteiger partial charge is 0.319 e. The highest BCUT2D eigenvalue weighted by molar-refractivity contribution is 9.10. The van der Waals surface area contributed by atoms with Crippen molar-refractivity contribution < 1.29 is 9.53 Å². The van der Waals surface area contributed by atoms with E-state index < -0.39 is 5.60 Å². The number of rotatable bonds is 2. The SMILES string of the molecule is Cn1c(=O)ccc2c(NC(=O)N[C@@H]3CC(C)(C)Oc4cc(Br)ccc43)cccc21. The lowest BCUT2D eigenvalue weighted by molar-refractivity contribution is 0.0682. The number of ether oxygens (including phenoxy) is 1. The van der Waals surface area contributed by atoms with E-state index in [-0.39, 0.29) is 17.6 Å². The molecule has 1 aliphatic rings. The molecule has 0 saturated heterocycles. The lowest BCUT2D eigenvalue weighted by Crippen LogP contribution is -2.42. The number of urea groups is 1. The van der Waals surface area contributed by atoms with Gasteiger partial charge in [-0.1, -0.05) is 28.1 Å². The van der Waals surface area contributed by atoms with Crippen LogP contribution in [-0.4, -0.2) is 16.2 Å². The molecule has 150 valence electrons. The third kappa shape index (κ3) is 3.87. The Bertz CT molecular complexity index is 1170. The maximum atomic E-state index is 12.8. The number of fused-ring (bicyclic) bond motifs is 2. The van der Waals surface area contributed by atoms with Crippen LogP contribution in [0.3, 0.4) is 0 Å². The van der Waals surface area contributed by atoms with Crippen LogP contribution in [0.15, 0.2) is 57.8 Å². The van der Waals surface area contributed by atoms with Gasteiger partial charge in [-0.15, -0.1) is 0 Å². The van der Waals surface area contributed by atoms with Gasteiger partial charge in [0.1, 0.15) is 11.4 Å². The van der Waals surface area contributed by atoms with Crippen molar-refractivity contribution >= 4 is 38.6 Å². The van der Waals surface area contributed by atoms with E-state index in [2.05, 4.69) is 26.6 Å². The highest BCUT2D eigenvalue weighted by Gasteiger charge is 2.34. The maximum absolute atomic E-state index is 12.8. The van der Waals surface area contributed by atoms with E-state index >= 15 is 0 Å². The van der Waals surface area contributed by atoms with E-state index in [9.17, 15) is 9.59 Å². The van der Waals surface area contributed by atoms with Crippen LogP contribution in [0.1, 0.15) is 31.9 Å². The Balaban J connectivity index is 1.60. The number of aryl methyl sites for hydroxylation is 1. The second-order valence-corrected chi connectivity index (χ2v) is 8.78. The summed E-state index contributed by atoms with van der Waals surface area (Å²) in [7, 11) is 1.72. The van der Waals surface area contributed by atoms with Crippen molar-refractivity contribution in [2.45, 2.75) is 31.9 Å². The predicted octanol–water partition coefficient (Wildman–Crippen LogP) is 4.72. The van der Waals surface area contributed by atoms with E-state index in [1.807, 2.05) is 50.2 Å². The number of nitrogens with zero attached hydrogens (tertiary/aromatic N) is 1. The Morgan fingerprint density at radius 2 is 2.00 bits per heavy atom. The number of anilines is 1. The standard InChI is InChI=1S/C22H22BrN3O3/c1-22(2)12-17(15-8-7-13(23)11-19(15)29-22)25-21(28)24-16-5-4-6-18-14(16)9-10-20(27)26(18)3/h4-11,17H,12H2,1-3H3,(H2,24,25,28)/t17-/m1/s1. The highest BCUT2D eigenvalue weighted by Crippen LogP contribution is 2.40. The van der Waals surface area contributed by atoms with Gasteiger partial charge in [0.05, 0.1) is 17.2 Å². The van der Waals surface area contributed by atoms with Gasteiger partial charge in [0.15, 0.2) is 0 Å². The van der Waals surface area contributed by atoms with Gasteiger partial charge in [-0.3, -0.25) is 4.79 Å². The van der Waals surface area contributed by atoms with Gasteiger partial charge in [0, 0.05) is 35.0 Å². The van der Waals surface area contributed by atoms with Crippen molar-refractivity contribution in [1.82, 2.24) is 9.88 Å². The number of halogens is 1. The summed E-state index contributed by atoms with van der Waals surface area (Å²) in [4.78, 5) is 24.7. The van der Waals surface area contributed by atoms with Gasteiger partial charge in [-0.25, -0.2) is 4.79 Å². The van der Waals surface area contributed by atoms with Crippen LogP contribution in [0.4, 0.5) is 10.5 Å². The number of nitrogens with one attached hydrogen (secondary N) is 2. The number of aromatic nitrogens is 1. The summed E-state index contributed by atoms with van der Waals surface area (Å²) in [5.41, 5.74) is 1.87. The second kappa shape index (κ2) is 7.22. The Morgan fingerprint density at radius 1 is 1.21 bits per heavy atom. The summed E-state index contributed by atoms with van der Waals surface area (Å²) in [5, 5.41) is 6.82. The summed E-state index contributed by atoms with van der Waals surface area (Å²) >= 11 is 3.47. The zero-order chi connectivity index (χ0) is 20.8. The number of carbonyl (C=O) groups excluding carboxylic acids is 1. The lowest BCUT2D eigenvalue weighted by Gasteiger charge is -2.38. The molecule has 0 aliphatic carbocycles. The minimum Gasteiger partial charge on any atom is -0.487 e. The number of hydrogen-bond acceptors (Lipinski definition) is 3. The molecule has 0 fully saturated rings. The van der Waals surface area contributed by atoms with Crippen LogP contribution in [0.25, 0.3) is 10.9 Å². The molecule has 2 aromatic carbocycles. The zero-order valence-electron chi connectivity index (χ0n) is 16.5. The first kappa shape index (κ1) is 19.5. The Morgan fingerprint density at radius 3 is 2.79 bits per heavy atom. The molecule has 29 heavy (non-hydrogen) atoms. The van der Waals surface area contributed by atoms with Crippen LogP contribution in [0.5, 0.6) is 5.75 Å². The minimum atomic E-state index is -0.399. The molecule has 2 amide bonds. The summed E-state index contributed by atoms with van der Waals surface area (Å²) in [6.45, 7) is 4.02. The molecule has 1 aliphatic heterocycles. The fourth-order valence-electron chi connectivity index (χ4n) is 3.79. The van der Waals surface area contributed by atoms with Gasteiger partial charge in [-0.05, 0) is 44.2 Å². The van der Waals surface area contributed by atoms with Crippen molar-refractivity contribution in [2.24, 2.45) is 7.05 Å². The number of hydrogen-bond donors (Lipinski definition) is 2. The molecule has 7 heteroatoms. The molecular formula is C22H22BrN3O3. The zero-order valence-corrected chi connectivity index (χ0v) is 18.0. The van der Waals surface area contributed by atoms with E-state index in [0.29, 0.717) is 12.1 Å². The Hall–Kier alpha value is -2.80. The molecule has 6 nitrogen and oxygen atoms in total. The average Bonchev–Trinajstić information content (AvgIpc) is 2.63. The van der Waals surface area contributed by atoms with Crippen LogP contribution < -0.4 is 20.9 Å². The summed E-state index contributed by atoms with van der Waals surface area (Å²) in [6.07, 6.45) is 0.652. The monoisotopic (exact) mass is 455 g/mol. The van der Waals surface area contributed by atoms with Crippen molar-refractivity contribution in [3.8, 4) is 5.75 Å². The third-order valence-corrected chi connectivity index (χ3v) is 5.65. The summed E-state index contributed by atoms with van der Waals surface area (Å²) in [5.74, 6) is 0.765. The van der Waals surface area contributed by atoms with Crippen LogP contribution in [0.2, 0.25) is 0 Å². The number of pyridine rings is 1. The van der Waals surface area contributed by atoms with Crippen LogP contribution >= 0.6 is 15.9 Å². The van der Waals surface area contributed by atoms with Gasteiger partial charge in [-0.2, -0.15) is 0 Å². The molecule has 0 bridgehead atoms. The van der Waals surface area contributed by atoms with Crippen molar-refractivity contribution in [3.63, 3.8) is 0 Å². The summed E-state index contributed by atoms with van der Waals surface area (Å²) < 4.78 is 8.57. The third-order valence-electron chi connectivity index (χ3n) is 5.15. The topological polar surface area (TPSA) is 72.4 Å². The normalized spacial score (nSPS) is 17.3. The number of benzene rings is 2. The van der Waals surface area contributed by atoms with Gasteiger partial charge in [0.25, 0.3) is 5.56 Å². The van der Waals surface area contributed by atoms with Crippen molar-refractivity contribution in [1.29, 1.82) is 0 Å². The fraction of sp³-hybridized carbons (Fsp3) is 0.273. The Labute approximate surface area is 177 Å². The largest absolute Gasteiger partial charge is 0.487 e. The van der Waals surface area contributed by atoms with E-state index in [1.165, 1.54) is 6.07 Å². The molecule has 2 heterocycles. The first-order valence-corrected chi connectivity index (χ1v) is 10.2. The van der Waals surface area contributed by atoms with Gasteiger partial charge in [0.2, 0.25) is 0 Å². The maximum Gasteiger partial charge on any atom is 0.319 e. The molecule has 3 aromatic rings. The fourth-order valence-corrected chi connectivity index (χ4v) is 4.13. The quantitative estimate of drug-likeness (QED) is 0.586. The molecule has 1 aromatic heterocycles. The van der Waals surface area contributed by atoms with Crippen LogP contribution in [-0.2, 0) is 7.05 Å². The second-order valence-electron chi connectivity index (χ2n) is 7.87. The number of amides is 2. The van der Waals surface area contributed by atoms with E-state index in [1.54, 1.807) is 17.7 Å². The van der Waals surface area contributed by atoms with Gasteiger partial charge >= 0.3 is 6.03 Å². The minimum absolute atomic E-state index is 0.0914. The van der Waals surface area contributed by atoms with Gasteiger partial charge < -0.3 is 19.9 Å². The number of carbonyl (C=O) groups is 1. The molecule has 1 atom stereocenters. The molecular weight excluding hydrogens is 434 g/mol. The van der Waals surface area contributed by atoms with Crippen molar-refractivity contribution in [3.05, 3.63) is 68.9 Å². The molecule has 0 spiro atoms. The van der Waals surface area contributed by atoms with E-state index in [4.69, 9.17) is 4.74 Å². The van der Waals surface area contributed by atoms with Crippen molar-refractivity contribution in [2.75, 3.05) is 5.32 Å². The Kier molecular flexibility index (Phi) is 4.86.